The molecular formula is C26H28FN3O5S. The summed E-state index contributed by atoms with van der Waals surface area (Å²) in [4.78, 5) is 42.8. The summed E-state index contributed by atoms with van der Waals surface area (Å²) in [6, 6.07) is 12.3. The highest BCUT2D eigenvalue weighted by atomic mass is 32.1. The number of methoxy groups -OCH3 is 1. The summed E-state index contributed by atoms with van der Waals surface area (Å²) >= 11 is 1.35. The average Bonchev–Trinajstić information content (AvgIpc) is 3.39. The van der Waals surface area contributed by atoms with Gasteiger partial charge in [-0.15, -0.1) is 11.3 Å². The van der Waals surface area contributed by atoms with Crippen LogP contribution in [0.2, 0.25) is 0 Å². The molecule has 0 saturated heterocycles. The molecule has 0 bridgehead atoms. The number of ketones is 1. The van der Waals surface area contributed by atoms with Crippen molar-refractivity contribution in [2.45, 2.75) is 45.1 Å². The minimum atomic E-state index is -1.37. The van der Waals surface area contributed by atoms with E-state index in [0.29, 0.717) is 10.6 Å². The maximum Gasteiger partial charge on any atom is 0.289 e. The van der Waals surface area contributed by atoms with Gasteiger partial charge in [0.15, 0.2) is 11.6 Å². The summed E-state index contributed by atoms with van der Waals surface area (Å²) in [5.74, 6) is -2.63. The largest absolute Gasteiger partial charge is 0.494 e. The van der Waals surface area contributed by atoms with Crippen molar-refractivity contribution < 1.29 is 28.2 Å². The molecule has 2 amide bonds. The molecule has 1 atom stereocenters. The van der Waals surface area contributed by atoms with Crippen LogP contribution < -0.4 is 15.4 Å². The third kappa shape index (κ3) is 7.43. The van der Waals surface area contributed by atoms with Crippen molar-refractivity contribution in [1.82, 2.24) is 15.6 Å². The van der Waals surface area contributed by atoms with E-state index in [1.54, 1.807) is 29.8 Å². The number of hydrogen-bond donors (Lipinski definition) is 2. The molecule has 0 aliphatic heterocycles. The Morgan fingerprint density at radius 1 is 1.11 bits per heavy atom. The Labute approximate surface area is 212 Å². The van der Waals surface area contributed by atoms with E-state index in [-0.39, 0.29) is 25.3 Å². The van der Waals surface area contributed by atoms with Gasteiger partial charge in [0, 0.05) is 18.0 Å². The molecule has 2 aromatic carbocycles. The van der Waals surface area contributed by atoms with E-state index in [9.17, 15) is 18.8 Å². The fourth-order valence-electron chi connectivity index (χ4n) is 3.26. The number of benzene rings is 2. The lowest BCUT2D eigenvalue weighted by molar-refractivity contribution is -0.147. The Morgan fingerprint density at radius 3 is 2.50 bits per heavy atom. The fraction of sp³-hybridized carbons (Fsp3) is 0.308. The summed E-state index contributed by atoms with van der Waals surface area (Å²) in [6.45, 7) is 3.14. The number of halogens is 1. The zero-order valence-electron chi connectivity index (χ0n) is 20.2. The second kappa shape index (κ2) is 12.4. The van der Waals surface area contributed by atoms with E-state index >= 15 is 0 Å². The number of ether oxygens (including phenoxy) is 2. The van der Waals surface area contributed by atoms with Crippen molar-refractivity contribution in [3.63, 3.8) is 0 Å². The molecule has 3 aromatic rings. The van der Waals surface area contributed by atoms with Crippen molar-refractivity contribution in [3.05, 3.63) is 82.1 Å². The van der Waals surface area contributed by atoms with Crippen LogP contribution in [0.3, 0.4) is 0 Å². The molecule has 36 heavy (non-hydrogen) atoms. The molecule has 1 aromatic heterocycles. The first-order valence-electron chi connectivity index (χ1n) is 11.2. The Kier molecular flexibility index (Phi) is 9.26. The lowest BCUT2D eigenvalue weighted by Crippen LogP contribution is -2.54. The third-order valence-electron chi connectivity index (χ3n) is 5.37. The lowest BCUT2D eigenvalue weighted by atomic mass is 10.00. The van der Waals surface area contributed by atoms with E-state index in [0.717, 1.165) is 5.56 Å². The highest BCUT2D eigenvalue weighted by Crippen LogP contribution is 2.20. The minimum absolute atomic E-state index is 0.0487. The van der Waals surface area contributed by atoms with Gasteiger partial charge in [0.05, 0.1) is 20.3 Å². The molecule has 10 heteroatoms. The second-order valence-corrected chi connectivity index (χ2v) is 9.44. The molecule has 8 nitrogen and oxygen atoms in total. The molecule has 0 saturated carbocycles. The number of nitrogens with zero attached hydrogens (tertiary/aromatic N) is 1. The number of aromatic nitrogens is 1. The molecule has 0 aliphatic carbocycles. The highest BCUT2D eigenvalue weighted by Gasteiger charge is 2.34. The van der Waals surface area contributed by atoms with E-state index in [1.807, 2.05) is 18.2 Å². The van der Waals surface area contributed by atoms with Crippen LogP contribution in [0.1, 0.15) is 30.0 Å². The van der Waals surface area contributed by atoms with Crippen LogP contribution in [-0.4, -0.2) is 41.3 Å². The molecule has 2 N–H and O–H groups in total. The van der Waals surface area contributed by atoms with E-state index < -0.39 is 35.1 Å². The van der Waals surface area contributed by atoms with Crippen LogP contribution in [-0.2, 0) is 38.7 Å². The molecule has 3 rings (SSSR count). The summed E-state index contributed by atoms with van der Waals surface area (Å²) in [7, 11) is 1.37. The maximum atomic E-state index is 14.0. The fourth-order valence-corrected chi connectivity index (χ4v) is 3.82. The summed E-state index contributed by atoms with van der Waals surface area (Å²) in [5.41, 5.74) is -0.0906. The van der Waals surface area contributed by atoms with Crippen molar-refractivity contribution in [3.8, 4) is 5.75 Å². The smallest absolute Gasteiger partial charge is 0.289 e. The maximum absolute atomic E-state index is 14.0. The molecule has 0 spiro atoms. The second-order valence-electron chi connectivity index (χ2n) is 8.46. The number of carbonyl (C=O) groups excluding carboxylic acids is 3. The van der Waals surface area contributed by atoms with Gasteiger partial charge in [-0.05, 0) is 37.1 Å². The van der Waals surface area contributed by atoms with Crippen LogP contribution >= 0.6 is 11.3 Å². The van der Waals surface area contributed by atoms with Crippen LogP contribution in [0.25, 0.3) is 0 Å². The molecule has 1 heterocycles. The first-order valence-corrected chi connectivity index (χ1v) is 12.1. The molecule has 0 unspecified atom stereocenters. The highest BCUT2D eigenvalue weighted by molar-refractivity contribution is 7.09. The Hall–Kier alpha value is -3.63. The summed E-state index contributed by atoms with van der Waals surface area (Å²) < 4.78 is 24.7. The van der Waals surface area contributed by atoms with Crippen LogP contribution in [0, 0.1) is 5.82 Å². The van der Waals surface area contributed by atoms with E-state index in [1.165, 1.54) is 44.4 Å². The van der Waals surface area contributed by atoms with Crippen LogP contribution in [0.15, 0.2) is 60.1 Å². The minimum Gasteiger partial charge on any atom is -0.494 e. The van der Waals surface area contributed by atoms with Crippen LogP contribution in [0.4, 0.5) is 4.39 Å². The zero-order chi connectivity index (χ0) is 26.1. The first kappa shape index (κ1) is 27.0. The molecular weight excluding hydrogens is 485 g/mol. The van der Waals surface area contributed by atoms with Gasteiger partial charge in [0.25, 0.3) is 11.8 Å². The Bertz CT molecular complexity index is 1190. The Balaban J connectivity index is 1.68. The van der Waals surface area contributed by atoms with Crippen LogP contribution in [0.5, 0.6) is 5.75 Å². The van der Waals surface area contributed by atoms with Gasteiger partial charge >= 0.3 is 0 Å². The predicted octanol–water partition coefficient (Wildman–Crippen LogP) is 3.20. The van der Waals surface area contributed by atoms with E-state index in [4.69, 9.17) is 9.47 Å². The van der Waals surface area contributed by atoms with Gasteiger partial charge in [-0.25, -0.2) is 9.37 Å². The number of hydrogen-bond acceptors (Lipinski definition) is 7. The van der Waals surface area contributed by atoms with Gasteiger partial charge in [-0.3, -0.25) is 14.4 Å². The number of amides is 2. The number of thiazole rings is 1. The van der Waals surface area contributed by atoms with Gasteiger partial charge in [-0.2, -0.15) is 0 Å². The van der Waals surface area contributed by atoms with E-state index in [2.05, 4.69) is 15.6 Å². The van der Waals surface area contributed by atoms with Gasteiger partial charge in [0.2, 0.25) is 5.78 Å². The monoisotopic (exact) mass is 513 g/mol. The van der Waals surface area contributed by atoms with Crippen molar-refractivity contribution in [1.29, 1.82) is 0 Å². The SMILES string of the molecule is COc1ccc(COC(C)(C)C(=O)N[C@H](Cc2ccccc2)C(=O)C(=O)NCc2nccs2)cc1F. The normalized spacial score (nSPS) is 12.0. The Morgan fingerprint density at radius 2 is 1.86 bits per heavy atom. The number of carbonyl (C=O) groups is 3. The van der Waals surface area contributed by atoms with Gasteiger partial charge in [0.1, 0.15) is 16.7 Å². The summed E-state index contributed by atoms with van der Waals surface area (Å²) in [5, 5.41) is 7.64. The lowest BCUT2D eigenvalue weighted by Gasteiger charge is -2.27. The number of nitrogens with one attached hydrogen (secondary N) is 2. The third-order valence-corrected chi connectivity index (χ3v) is 6.15. The molecule has 0 aliphatic rings. The molecule has 0 radical (unpaired) electrons. The van der Waals surface area contributed by atoms with Crippen molar-refractivity contribution in [2.24, 2.45) is 0 Å². The standard InChI is InChI=1S/C26H28FN3O5S/c1-26(2,35-16-18-9-10-21(34-3)19(27)13-18)25(33)30-20(14-17-7-5-4-6-8-17)23(31)24(32)29-15-22-28-11-12-36-22/h4-13,20H,14-16H2,1-3H3,(H,29,32)(H,30,33)/t20-/m1/s1. The number of Topliss-reactive ketones (excluding diaryl/α,β-unsaturated/α-hetero) is 1. The average molecular weight is 514 g/mol. The van der Waals surface area contributed by atoms with Gasteiger partial charge < -0.3 is 20.1 Å². The quantitative estimate of drug-likeness (QED) is 0.360. The van der Waals surface area contributed by atoms with Crippen molar-refractivity contribution >= 4 is 28.9 Å². The zero-order valence-corrected chi connectivity index (χ0v) is 21.1. The predicted molar refractivity (Wildman–Crippen MR) is 133 cm³/mol. The summed E-state index contributed by atoms with van der Waals surface area (Å²) in [6.07, 6.45) is 1.73. The van der Waals surface area contributed by atoms with Crippen molar-refractivity contribution in [2.75, 3.05) is 7.11 Å². The van der Waals surface area contributed by atoms with Gasteiger partial charge in [-0.1, -0.05) is 36.4 Å². The topological polar surface area (TPSA) is 107 Å². The molecule has 190 valence electrons. The number of rotatable bonds is 12. The first-order chi connectivity index (χ1) is 17.2. The molecule has 0 fully saturated rings.